The predicted octanol–water partition coefficient (Wildman–Crippen LogP) is 4.76. The fourth-order valence-corrected chi connectivity index (χ4v) is 2.14. The van der Waals surface area contributed by atoms with Gasteiger partial charge in [0.25, 0.3) is 6.43 Å². The van der Waals surface area contributed by atoms with Gasteiger partial charge in [-0.3, -0.25) is 0 Å². The van der Waals surface area contributed by atoms with Gasteiger partial charge in [0.15, 0.2) is 0 Å². The lowest BCUT2D eigenvalue weighted by Crippen LogP contribution is -1.91. The molecule has 2 aromatic carbocycles. The molecular weight excluding hydrogens is 290 g/mol. The molecule has 88 valence electrons. The Morgan fingerprint density at radius 1 is 1.06 bits per heavy atom. The monoisotopic (exact) mass is 298 g/mol. The van der Waals surface area contributed by atoms with E-state index in [4.69, 9.17) is 0 Å². The summed E-state index contributed by atoms with van der Waals surface area (Å²) < 4.78 is 26.4. The Labute approximate surface area is 106 Å². The molecule has 0 aromatic heterocycles. The molecule has 2 rings (SSSR count). The van der Waals surface area contributed by atoms with E-state index in [1.807, 2.05) is 6.07 Å². The molecule has 4 heteroatoms. The summed E-state index contributed by atoms with van der Waals surface area (Å²) in [6.45, 7) is 0. The highest BCUT2D eigenvalue weighted by Crippen LogP contribution is 2.39. The zero-order valence-corrected chi connectivity index (χ0v) is 10.3. The van der Waals surface area contributed by atoms with Gasteiger partial charge >= 0.3 is 0 Å². The lowest BCUT2D eigenvalue weighted by atomic mass is 9.99. The average molecular weight is 299 g/mol. The van der Waals surface area contributed by atoms with Gasteiger partial charge in [0, 0.05) is 4.47 Å². The van der Waals surface area contributed by atoms with Gasteiger partial charge in [-0.2, -0.15) is 0 Å². The van der Waals surface area contributed by atoms with Gasteiger partial charge in [0.1, 0.15) is 5.75 Å². The second kappa shape index (κ2) is 4.84. The normalized spacial score (nSPS) is 10.8. The number of hydrogen-bond donors (Lipinski definition) is 1. The number of aromatic hydroxyl groups is 1. The summed E-state index contributed by atoms with van der Waals surface area (Å²) in [4.78, 5) is 0. The lowest BCUT2D eigenvalue weighted by molar-refractivity contribution is 0.148. The molecule has 0 aliphatic heterocycles. The van der Waals surface area contributed by atoms with E-state index in [2.05, 4.69) is 15.9 Å². The molecule has 0 bridgehead atoms. The highest BCUT2D eigenvalue weighted by Gasteiger charge is 2.19. The number of hydrogen-bond acceptors (Lipinski definition) is 1. The summed E-state index contributed by atoms with van der Waals surface area (Å²) in [6.07, 6.45) is -2.71. The van der Waals surface area contributed by atoms with Crippen molar-refractivity contribution in [3.05, 3.63) is 52.5 Å². The van der Waals surface area contributed by atoms with Gasteiger partial charge in [0.05, 0.1) is 5.56 Å². The molecule has 2 aromatic rings. The molecule has 0 unspecified atom stereocenters. The van der Waals surface area contributed by atoms with Crippen LogP contribution in [0, 0.1) is 0 Å². The summed E-state index contributed by atoms with van der Waals surface area (Å²) in [6, 6.07) is 11.7. The molecule has 0 aliphatic rings. The second-order valence-corrected chi connectivity index (χ2v) is 4.47. The van der Waals surface area contributed by atoms with Crippen LogP contribution in [0.25, 0.3) is 11.1 Å². The maximum absolute atomic E-state index is 12.9. The smallest absolute Gasteiger partial charge is 0.268 e. The lowest BCUT2D eigenvalue weighted by Gasteiger charge is -2.11. The largest absolute Gasteiger partial charge is 0.507 e. The summed E-state index contributed by atoms with van der Waals surface area (Å²) in [5.41, 5.74) is 0.659. The first-order chi connectivity index (χ1) is 8.09. The van der Waals surface area contributed by atoms with Crippen molar-refractivity contribution < 1.29 is 13.9 Å². The molecule has 0 saturated heterocycles. The first kappa shape index (κ1) is 12.0. The van der Waals surface area contributed by atoms with Gasteiger partial charge in [-0.15, -0.1) is 0 Å². The Balaban J connectivity index is 2.68. The molecule has 1 N–H and O–H groups in total. The van der Waals surface area contributed by atoms with E-state index in [1.165, 1.54) is 6.07 Å². The molecule has 0 amide bonds. The van der Waals surface area contributed by atoms with E-state index in [-0.39, 0.29) is 5.56 Å². The molecule has 0 aliphatic carbocycles. The highest BCUT2D eigenvalue weighted by molar-refractivity contribution is 9.10. The van der Waals surface area contributed by atoms with Crippen LogP contribution in [0.1, 0.15) is 12.0 Å². The van der Waals surface area contributed by atoms with E-state index in [1.54, 1.807) is 30.3 Å². The van der Waals surface area contributed by atoms with E-state index < -0.39 is 12.2 Å². The third-order valence-electron chi connectivity index (χ3n) is 2.43. The Kier molecular flexibility index (Phi) is 3.43. The molecule has 0 radical (unpaired) electrons. The third-order valence-corrected chi connectivity index (χ3v) is 2.88. The maximum atomic E-state index is 12.9. The van der Waals surface area contributed by atoms with Crippen LogP contribution in [0.15, 0.2) is 46.9 Å². The van der Waals surface area contributed by atoms with E-state index in [9.17, 15) is 13.9 Å². The second-order valence-electron chi connectivity index (χ2n) is 3.55. The Morgan fingerprint density at radius 3 is 2.29 bits per heavy atom. The van der Waals surface area contributed by atoms with Crippen molar-refractivity contribution in [1.29, 1.82) is 0 Å². The zero-order valence-electron chi connectivity index (χ0n) is 8.70. The van der Waals surface area contributed by atoms with Crippen LogP contribution in [0.3, 0.4) is 0 Å². The van der Waals surface area contributed by atoms with Crippen LogP contribution < -0.4 is 0 Å². The first-order valence-electron chi connectivity index (χ1n) is 4.95. The summed E-state index contributed by atoms with van der Waals surface area (Å²) in [5.74, 6) is -0.395. The minimum absolute atomic E-state index is 0.334. The van der Waals surface area contributed by atoms with Crippen molar-refractivity contribution >= 4 is 15.9 Å². The van der Waals surface area contributed by atoms with Crippen molar-refractivity contribution in [2.45, 2.75) is 6.43 Å². The van der Waals surface area contributed by atoms with Gasteiger partial charge in [0.2, 0.25) is 0 Å². The van der Waals surface area contributed by atoms with Crippen molar-refractivity contribution in [1.82, 2.24) is 0 Å². The quantitative estimate of drug-likeness (QED) is 0.847. The van der Waals surface area contributed by atoms with Gasteiger partial charge in [-0.1, -0.05) is 46.3 Å². The van der Waals surface area contributed by atoms with Crippen LogP contribution in [0.2, 0.25) is 0 Å². The van der Waals surface area contributed by atoms with E-state index in [0.717, 1.165) is 0 Å². The van der Waals surface area contributed by atoms with Crippen LogP contribution in [0.4, 0.5) is 8.78 Å². The number of benzene rings is 2. The molecule has 0 heterocycles. The number of phenols is 1. The summed E-state index contributed by atoms with van der Waals surface area (Å²) >= 11 is 3.19. The fourth-order valence-electron chi connectivity index (χ4n) is 1.69. The molecule has 0 fully saturated rings. The van der Waals surface area contributed by atoms with Crippen LogP contribution in [-0.2, 0) is 0 Å². The van der Waals surface area contributed by atoms with Crippen LogP contribution in [-0.4, -0.2) is 5.11 Å². The zero-order chi connectivity index (χ0) is 12.4. The topological polar surface area (TPSA) is 20.2 Å². The van der Waals surface area contributed by atoms with Gasteiger partial charge in [-0.25, -0.2) is 8.78 Å². The fraction of sp³-hybridized carbons (Fsp3) is 0.0769. The average Bonchev–Trinajstić information content (AvgIpc) is 2.28. The highest BCUT2D eigenvalue weighted by atomic mass is 79.9. The first-order valence-corrected chi connectivity index (χ1v) is 5.75. The predicted molar refractivity (Wildman–Crippen MR) is 66.2 cm³/mol. The van der Waals surface area contributed by atoms with Crippen LogP contribution >= 0.6 is 15.9 Å². The minimum atomic E-state index is -2.71. The van der Waals surface area contributed by atoms with Crippen LogP contribution in [0.5, 0.6) is 5.75 Å². The molecule has 0 spiro atoms. The number of rotatable bonds is 2. The standard InChI is InChI=1S/C13H9BrF2O/c14-9-6-10(8-4-2-1-3-5-8)12(13(15)16)11(17)7-9/h1-7,13,17H. The molecule has 0 saturated carbocycles. The minimum Gasteiger partial charge on any atom is -0.507 e. The van der Waals surface area contributed by atoms with Gasteiger partial charge < -0.3 is 5.11 Å². The molecular formula is C13H9BrF2O. The van der Waals surface area contributed by atoms with E-state index >= 15 is 0 Å². The summed E-state index contributed by atoms with van der Waals surface area (Å²) in [5, 5.41) is 9.59. The Hall–Kier alpha value is -1.42. The number of halogens is 3. The van der Waals surface area contributed by atoms with E-state index in [0.29, 0.717) is 15.6 Å². The molecule has 0 atom stereocenters. The third kappa shape index (κ3) is 2.47. The van der Waals surface area contributed by atoms with Gasteiger partial charge in [-0.05, 0) is 23.3 Å². The van der Waals surface area contributed by atoms with Crippen molar-refractivity contribution in [2.75, 3.05) is 0 Å². The number of alkyl halides is 2. The molecule has 1 nitrogen and oxygen atoms in total. The Bertz CT molecular complexity index is 526. The summed E-state index contributed by atoms with van der Waals surface area (Å²) in [7, 11) is 0. The SMILES string of the molecule is Oc1cc(Br)cc(-c2ccccc2)c1C(F)F. The van der Waals surface area contributed by atoms with Crippen molar-refractivity contribution in [2.24, 2.45) is 0 Å². The van der Waals surface area contributed by atoms with Crippen molar-refractivity contribution in [3.63, 3.8) is 0 Å². The maximum Gasteiger partial charge on any atom is 0.268 e. The molecule has 17 heavy (non-hydrogen) atoms. The number of phenolic OH excluding ortho intramolecular Hbond substituents is 1. The Morgan fingerprint density at radius 2 is 1.71 bits per heavy atom. The van der Waals surface area contributed by atoms with Crippen molar-refractivity contribution in [3.8, 4) is 16.9 Å².